The van der Waals surface area contributed by atoms with Gasteiger partial charge in [-0.15, -0.1) is 12.4 Å². The van der Waals surface area contributed by atoms with Gasteiger partial charge in [0.2, 0.25) is 5.11 Å². The Labute approximate surface area is 133 Å². The van der Waals surface area contributed by atoms with Gasteiger partial charge in [-0.3, -0.25) is 20.8 Å². The van der Waals surface area contributed by atoms with Gasteiger partial charge in [0.05, 0.1) is 23.8 Å². The number of rotatable bonds is 4. The van der Waals surface area contributed by atoms with Gasteiger partial charge in [-0.05, 0) is 36.5 Å². The molecule has 0 bridgehead atoms. The molecule has 0 radical (unpaired) electrons. The van der Waals surface area contributed by atoms with Gasteiger partial charge in [-0.2, -0.15) is 10.2 Å². The summed E-state index contributed by atoms with van der Waals surface area (Å²) in [7, 11) is 0. The summed E-state index contributed by atoms with van der Waals surface area (Å²) in [6.07, 6.45) is 6.51. The molecule has 2 N–H and O–H groups in total. The normalized spacial score (nSPS) is 10.3. The molecule has 8 heteroatoms. The molecule has 2 aromatic rings. The van der Waals surface area contributed by atoms with E-state index in [1.165, 1.54) is 0 Å². The van der Waals surface area contributed by atoms with Crippen molar-refractivity contribution in [2.45, 2.75) is 0 Å². The van der Waals surface area contributed by atoms with Crippen LogP contribution in [0.1, 0.15) is 11.4 Å². The molecule has 0 spiro atoms. The van der Waals surface area contributed by atoms with Crippen molar-refractivity contribution in [1.29, 1.82) is 0 Å². The van der Waals surface area contributed by atoms with Gasteiger partial charge in [0.1, 0.15) is 0 Å². The van der Waals surface area contributed by atoms with Crippen LogP contribution in [0.25, 0.3) is 0 Å². The maximum absolute atomic E-state index is 4.99. The molecule has 0 unspecified atom stereocenters. The molecule has 6 nitrogen and oxygen atoms in total. The Morgan fingerprint density at radius 3 is 1.76 bits per heavy atom. The molecular formula is C13H13ClN6S. The molecule has 0 amide bonds. The molecule has 0 aliphatic heterocycles. The minimum absolute atomic E-state index is 0. The highest BCUT2D eigenvalue weighted by Gasteiger charge is 1.90. The average Bonchev–Trinajstić information content (AvgIpc) is 2.49. The van der Waals surface area contributed by atoms with Gasteiger partial charge < -0.3 is 0 Å². The van der Waals surface area contributed by atoms with Crippen LogP contribution < -0.4 is 10.9 Å². The van der Waals surface area contributed by atoms with E-state index >= 15 is 0 Å². The van der Waals surface area contributed by atoms with Gasteiger partial charge in [0.25, 0.3) is 0 Å². The van der Waals surface area contributed by atoms with E-state index in [1.54, 1.807) is 24.8 Å². The second-order valence-corrected chi connectivity index (χ2v) is 3.99. The molecule has 0 aliphatic carbocycles. The number of aromatic nitrogens is 2. The van der Waals surface area contributed by atoms with E-state index in [-0.39, 0.29) is 17.5 Å². The summed E-state index contributed by atoms with van der Waals surface area (Å²) in [6, 6.07) is 11.1. The molecule has 0 aromatic carbocycles. The molecule has 0 saturated carbocycles. The Bertz CT molecular complexity index is 549. The van der Waals surface area contributed by atoms with E-state index in [1.807, 2.05) is 36.4 Å². The zero-order valence-corrected chi connectivity index (χ0v) is 12.5. The molecular weight excluding hydrogens is 308 g/mol. The van der Waals surface area contributed by atoms with Crippen molar-refractivity contribution in [3.63, 3.8) is 0 Å². The average molecular weight is 321 g/mol. The Morgan fingerprint density at radius 1 is 0.905 bits per heavy atom. The van der Waals surface area contributed by atoms with Crippen LogP contribution in [0, 0.1) is 0 Å². The van der Waals surface area contributed by atoms with Crippen molar-refractivity contribution in [1.82, 2.24) is 20.8 Å². The number of thiocarbonyl (C=S) groups is 1. The highest BCUT2D eigenvalue weighted by Crippen LogP contribution is 1.88. The quantitative estimate of drug-likeness (QED) is 0.510. The summed E-state index contributed by atoms with van der Waals surface area (Å²) in [5.74, 6) is 0. The van der Waals surface area contributed by atoms with Gasteiger partial charge in [-0.25, -0.2) is 0 Å². The monoisotopic (exact) mass is 320 g/mol. The zero-order chi connectivity index (χ0) is 14.0. The SMILES string of the molecule is Cl.S=C(N/N=C/c1ccccn1)N/N=C/c1ccccn1. The largest absolute Gasteiger partial charge is 0.255 e. The summed E-state index contributed by atoms with van der Waals surface area (Å²) >= 11 is 4.99. The maximum Gasteiger partial charge on any atom is 0.207 e. The number of hydrogen-bond donors (Lipinski definition) is 2. The number of pyridine rings is 2. The number of nitrogens with one attached hydrogen (secondary N) is 2. The molecule has 0 aliphatic rings. The molecule has 21 heavy (non-hydrogen) atoms. The lowest BCUT2D eigenvalue weighted by Gasteiger charge is -2.00. The molecule has 108 valence electrons. The summed E-state index contributed by atoms with van der Waals surface area (Å²) in [6.45, 7) is 0. The van der Waals surface area contributed by atoms with Gasteiger partial charge in [0.15, 0.2) is 0 Å². The van der Waals surface area contributed by atoms with E-state index in [0.717, 1.165) is 11.4 Å². The van der Waals surface area contributed by atoms with Gasteiger partial charge in [-0.1, -0.05) is 12.1 Å². The smallest absolute Gasteiger partial charge is 0.207 e. The minimum Gasteiger partial charge on any atom is -0.255 e. The first kappa shape index (κ1) is 16.7. The molecule has 2 rings (SSSR count). The highest BCUT2D eigenvalue weighted by atomic mass is 35.5. The Balaban J connectivity index is 0.00000220. The Kier molecular flexibility index (Phi) is 7.55. The first-order valence-electron chi connectivity index (χ1n) is 5.79. The summed E-state index contributed by atoms with van der Waals surface area (Å²) in [5.41, 5.74) is 6.74. The maximum atomic E-state index is 4.99. The van der Waals surface area contributed by atoms with Gasteiger partial charge in [0, 0.05) is 12.4 Å². The van der Waals surface area contributed by atoms with Crippen LogP contribution in [-0.2, 0) is 0 Å². The fourth-order valence-corrected chi connectivity index (χ4v) is 1.35. The van der Waals surface area contributed by atoms with E-state index < -0.39 is 0 Å². The molecule has 0 atom stereocenters. The lowest BCUT2D eigenvalue weighted by Crippen LogP contribution is -2.28. The molecule has 0 fully saturated rings. The number of nitrogens with zero attached hydrogens (tertiary/aromatic N) is 4. The fraction of sp³-hybridized carbons (Fsp3) is 0. The number of halogens is 1. The van der Waals surface area contributed by atoms with Crippen molar-refractivity contribution < 1.29 is 0 Å². The number of hydrazone groups is 2. The van der Waals surface area contributed by atoms with Crippen molar-refractivity contribution >= 4 is 42.2 Å². The minimum atomic E-state index is 0. The van der Waals surface area contributed by atoms with Crippen LogP contribution in [0.3, 0.4) is 0 Å². The standard InChI is InChI=1S/C13H12N6S.ClH/c20-13(18-16-9-11-5-1-3-7-14-11)19-17-10-12-6-2-4-8-15-12;/h1-10H,(H2,18,19,20);1H/b16-9+,17-10+;. The van der Waals surface area contributed by atoms with Crippen LogP contribution in [-0.4, -0.2) is 27.5 Å². The van der Waals surface area contributed by atoms with Crippen molar-refractivity contribution in [2.75, 3.05) is 0 Å². The second kappa shape index (κ2) is 9.51. The predicted molar refractivity (Wildman–Crippen MR) is 89.8 cm³/mol. The third kappa shape index (κ3) is 6.55. The van der Waals surface area contributed by atoms with Crippen molar-refractivity contribution in [3.05, 3.63) is 60.2 Å². The molecule has 0 saturated heterocycles. The lowest BCUT2D eigenvalue weighted by molar-refractivity contribution is 0.933. The lowest BCUT2D eigenvalue weighted by atomic mass is 10.4. The van der Waals surface area contributed by atoms with Crippen LogP contribution >= 0.6 is 24.6 Å². The topological polar surface area (TPSA) is 74.6 Å². The Hall–Kier alpha value is -2.38. The van der Waals surface area contributed by atoms with Crippen molar-refractivity contribution in [2.24, 2.45) is 10.2 Å². The predicted octanol–water partition coefficient (Wildman–Crippen LogP) is 1.73. The molecule has 2 aromatic heterocycles. The van der Waals surface area contributed by atoms with E-state index in [0.29, 0.717) is 0 Å². The Morgan fingerprint density at radius 2 is 1.38 bits per heavy atom. The summed E-state index contributed by atoms with van der Waals surface area (Å²) in [4.78, 5) is 8.17. The first-order valence-corrected chi connectivity index (χ1v) is 6.19. The van der Waals surface area contributed by atoms with E-state index in [2.05, 4.69) is 31.0 Å². The second-order valence-electron chi connectivity index (χ2n) is 3.58. The van der Waals surface area contributed by atoms with Crippen LogP contribution in [0.4, 0.5) is 0 Å². The van der Waals surface area contributed by atoms with E-state index in [4.69, 9.17) is 12.2 Å². The number of hydrogen-bond acceptors (Lipinski definition) is 5. The van der Waals surface area contributed by atoms with Crippen LogP contribution in [0.15, 0.2) is 59.0 Å². The third-order valence-electron chi connectivity index (χ3n) is 2.10. The van der Waals surface area contributed by atoms with Crippen molar-refractivity contribution in [3.8, 4) is 0 Å². The van der Waals surface area contributed by atoms with Crippen LogP contribution in [0.5, 0.6) is 0 Å². The zero-order valence-electron chi connectivity index (χ0n) is 10.9. The fourth-order valence-electron chi connectivity index (χ4n) is 1.24. The van der Waals surface area contributed by atoms with Crippen LogP contribution in [0.2, 0.25) is 0 Å². The molecule has 2 heterocycles. The first-order chi connectivity index (χ1) is 9.84. The van der Waals surface area contributed by atoms with E-state index in [9.17, 15) is 0 Å². The summed E-state index contributed by atoms with van der Waals surface area (Å²) < 4.78 is 0. The highest BCUT2D eigenvalue weighted by molar-refractivity contribution is 7.80. The van der Waals surface area contributed by atoms with Gasteiger partial charge >= 0.3 is 0 Å². The summed E-state index contributed by atoms with van der Waals surface area (Å²) in [5, 5.41) is 8.15. The third-order valence-corrected chi connectivity index (χ3v) is 2.28.